The molecule has 2 aliphatic rings. The molecule has 0 aromatic carbocycles. The highest BCUT2D eigenvalue weighted by Crippen LogP contribution is 2.26. The van der Waals surface area contributed by atoms with Crippen molar-refractivity contribution in [2.75, 3.05) is 46.4 Å². The summed E-state index contributed by atoms with van der Waals surface area (Å²) in [7, 11) is 2.25. The quantitative estimate of drug-likeness (QED) is 0.814. The minimum absolute atomic E-state index is 0. The molecular formula is C12H25ClN2O. The lowest BCUT2D eigenvalue weighted by Crippen LogP contribution is -2.37. The van der Waals surface area contributed by atoms with Crippen molar-refractivity contribution in [1.82, 2.24) is 10.2 Å². The van der Waals surface area contributed by atoms with E-state index in [9.17, 15) is 0 Å². The first-order valence-electron chi connectivity index (χ1n) is 6.15. The highest BCUT2D eigenvalue weighted by molar-refractivity contribution is 5.85. The Bertz CT molecular complexity index is 201. The highest BCUT2D eigenvalue weighted by atomic mass is 35.5. The molecule has 96 valence electrons. The van der Waals surface area contributed by atoms with Crippen LogP contribution >= 0.6 is 12.4 Å². The second-order valence-electron chi connectivity index (χ2n) is 5.66. The topological polar surface area (TPSA) is 24.5 Å². The molecule has 2 rings (SSSR count). The molecule has 2 unspecified atom stereocenters. The average molecular weight is 249 g/mol. The summed E-state index contributed by atoms with van der Waals surface area (Å²) in [6.07, 6.45) is 2.57. The Morgan fingerprint density at radius 1 is 1.50 bits per heavy atom. The molecular weight excluding hydrogens is 224 g/mol. The number of nitrogens with zero attached hydrogens (tertiary/aromatic N) is 1. The fraction of sp³-hybridized carbons (Fsp3) is 1.00. The summed E-state index contributed by atoms with van der Waals surface area (Å²) in [5.41, 5.74) is 0.494. The fourth-order valence-electron chi connectivity index (χ4n) is 2.89. The van der Waals surface area contributed by atoms with Gasteiger partial charge in [0.2, 0.25) is 0 Å². The molecule has 0 spiro atoms. The van der Waals surface area contributed by atoms with Crippen molar-refractivity contribution in [3.05, 3.63) is 0 Å². The van der Waals surface area contributed by atoms with E-state index in [1.165, 1.54) is 39.0 Å². The third kappa shape index (κ3) is 3.88. The molecule has 0 aromatic rings. The van der Waals surface area contributed by atoms with Crippen LogP contribution < -0.4 is 5.32 Å². The van der Waals surface area contributed by atoms with Gasteiger partial charge in [-0.25, -0.2) is 0 Å². The van der Waals surface area contributed by atoms with Gasteiger partial charge >= 0.3 is 0 Å². The van der Waals surface area contributed by atoms with E-state index in [1.807, 2.05) is 0 Å². The molecule has 2 heterocycles. The monoisotopic (exact) mass is 248 g/mol. The first kappa shape index (κ1) is 14.2. The summed E-state index contributed by atoms with van der Waals surface area (Å²) in [4.78, 5) is 2.49. The number of halogens is 1. The first-order valence-corrected chi connectivity index (χ1v) is 6.15. The predicted octanol–water partition coefficient (Wildman–Crippen LogP) is 1.38. The zero-order valence-electron chi connectivity index (χ0n) is 10.5. The maximum Gasteiger partial charge on any atom is 0.0507 e. The minimum atomic E-state index is 0. The van der Waals surface area contributed by atoms with Gasteiger partial charge in [0.15, 0.2) is 0 Å². The summed E-state index contributed by atoms with van der Waals surface area (Å²) >= 11 is 0. The maximum atomic E-state index is 5.41. The molecule has 3 nitrogen and oxygen atoms in total. The van der Waals surface area contributed by atoms with Crippen molar-refractivity contribution in [2.45, 2.75) is 19.8 Å². The molecule has 0 aromatic heterocycles. The largest absolute Gasteiger partial charge is 0.381 e. The summed E-state index contributed by atoms with van der Waals surface area (Å²) in [6.45, 7) is 9.13. The van der Waals surface area contributed by atoms with Gasteiger partial charge in [0.1, 0.15) is 0 Å². The fourth-order valence-corrected chi connectivity index (χ4v) is 2.89. The van der Waals surface area contributed by atoms with Crippen LogP contribution in [-0.4, -0.2) is 51.3 Å². The Morgan fingerprint density at radius 3 is 2.88 bits per heavy atom. The number of ether oxygens (including phenoxy) is 1. The molecule has 0 radical (unpaired) electrons. The lowest BCUT2D eigenvalue weighted by atomic mass is 9.89. The van der Waals surface area contributed by atoms with Gasteiger partial charge in [-0.05, 0) is 37.8 Å². The van der Waals surface area contributed by atoms with Crippen molar-refractivity contribution < 1.29 is 4.74 Å². The lowest BCUT2D eigenvalue weighted by molar-refractivity contribution is 0.156. The van der Waals surface area contributed by atoms with Gasteiger partial charge < -0.3 is 15.0 Å². The van der Waals surface area contributed by atoms with Crippen LogP contribution in [-0.2, 0) is 4.74 Å². The number of hydrogen-bond donors (Lipinski definition) is 1. The van der Waals surface area contributed by atoms with E-state index in [2.05, 4.69) is 24.2 Å². The Kier molecular flexibility index (Phi) is 5.51. The van der Waals surface area contributed by atoms with Crippen LogP contribution in [0.1, 0.15) is 19.8 Å². The van der Waals surface area contributed by atoms with E-state index in [-0.39, 0.29) is 12.4 Å². The van der Waals surface area contributed by atoms with Crippen LogP contribution in [0, 0.1) is 11.3 Å². The number of rotatable bonds is 4. The first-order chi connectivity index (χ1) is 7.18. The molecule has 0 amide bonds. The zero-order chi connectivity index (χ0) is 10.7. The molecule has 0 bridgehead atoms. The molecule has 0 aliphatic carbocycles. The molecule has 16 heavy (non-hydrogen) atoms. The van der Waals surface area contributed by atoms with E-state index in [0.717, 1.165) is 19.1 Å². The van der Waals surface area contributed by atoms with Crippen LogP contribution in [0.5, 0.6) is 0 Å². The summed E-state index contributed by atoms with van der Waals surface area (Å²) in [5, 5.41) is 3.46. The predicted molar refractivity (Wildman–Crippen MR) is 69.3 cm³/mol. The molecule has 2 saturated heterocycles. The van der Waals surface area contributed by atoms with E-state index in [0.29, 0.717) is 5.41 Å². The van der Waals surface area contributed by atoms with Crippen LogP contribution in [0.3, 0.4) is 0 Å². The van der Waals surface area contributed by atoms with Crippen LogP contribution in [0.4, 0.5) is 0 Å². The summed E-state index contributed by atoms with van der Waals surface area (Å²) < 4.78 is 5.41. The molecule has 2 aliphatic heterocycles. The third-order valence-electron chi connectivity index (χ3n) is 3.70. The molecule has 2 fully saturated rings. The molecule has 2 atom stereocenters. The second-order valence-corrected chi connectivity index (χ2v) is 5.66. The molecule has 4 heteroatoms. The van der Waals surface area contributed by atoms with Crippen molar-refractivity contribution in [3.63, 3.8) is 0 Å². The Morgan fingerprint density at radius 2 is 2.31 bits per heavy atom. The number of hydrogen-bond acceptors (Lipinski definition) is 3. The van der Waals surface area contributed by atoms with Crippen molar-refractivity contribution in [1.29, 1.82) is 0 Å². The van der Waals surface area contributed by atoms with Crippen molar-refractivity contribution in [2.24, 2.45) is 11.3 Å². The van der Waals surface area contributed by atoms with Gasteiger partial charge in [-0.3, -0.25) is 0 Å². The van der Waals surface area contributed by atoms with Gasteiger partial charge in [-0.1, -0.05) is 6.92 Å². The van der Waals surface area contributed by atoms with Gasteiger partial charge in [0.05, 0.1) is 6.61 Å². The maximum absolute atomic E-state index is 5.41. The second kappa shape index (κ2) is 6.20. The van der Waals surface area contributed by atoms with Gasteiger partial charge in [0.25, 0.3) is 0 Å². The van der Waals surface area contributed by atoms with Crippen LogP contribution in [0.15, 0.2) is 0 Å². The Balaban J connectivity index is 0.00000128. The molecule has 0 saturated carbocycles. The van der Waals surface area contributed by atoms with E-state index in [1.54, 1.807) is 0 Å². The lowest BCUT2D eigenvalue weighted by Gasteiger charge is -2.30. The number of nitrogens with one attached hydrogen (secondary N) is 1. The standard InChI is InChI=1S/C12H24N2O.ClH/c1-12(4-5-13-9-12)10-14(2)7-11-3-6-15-8-11;/h11,13H,3-10H2,1-2H3;1H. The van der Waals surface area contributed by atoms with Crippen LogP contribution in [0.25, 0.3) is 0 Å². The van der Waals surface area contributed by atoms with E-state index in [4.69, 9.17) is 4.74 Å². The third-order valence-corrected chi connectivity index (χ3v) is 3.70. The minimum Gasteiger partial charge on any atom is -0.381 e. The van der Waals surface area contributed by atoms with Gasteiger partial charge in [-0.15, -0.1) is 12.4 Å². The summed E-state index contributed by atoms with van der Waals surface area (Å²) in [6, 6.07) is 0. The van der Waals surface area contributed by atoms with Crippen LogP contribution in [0.2, 0.25) is 0 Å². The average Bonchev–Trinajstić information content (AvgIpc) is 2.76. The SMILES string of the molecule is CN(CC1CCOC1)CC1(C)CCNC1.Cl. The Hall–Kier alpha value is 0.170. The Labute approximate surface area is 105 Å². The van der Waals surface area contributed by atoms with Crippen molar-refractivity contribution >= 4 is 12.4 Å². The normalized spacial score (nSPS) is 34.3. The zero-order valence-corrected chi connectivity index (χ0v) is 11.3. The van der Waals surface area contributed by atoms with Gasteiger partial charge in [-0.2, -0.15) is 0 Å². The van der Waals surface area contributed by atoms with E-state index < -0.39 is 0 Å². The smallest absolute Gasteiger partial charge is 0.0507 e. The highest BCUT2D eigenvalue weighted by Gasteiger charge is 2.30. The summed E-state index contributed by atoms with van der Waals surface area (Å²) in [5.74, 6) is 0.771. The molecule has 1 N–H and O–H groups in total. The van der Waals surface area contributed by atoms with Gasteiger partial charge in [0, 0.05) is 26.2 Å². The van der Waals surface area contributed by atoms with E-state index >= 15 is 0 Å². The van der Waals surface area contributed by atoms with Crippen molar-refractivity contribution in [3.8, 4) is 0 Å².